The predicted octanol–water partition coefficient (Wildman–Crippen LogP) is 0.453. The Kier molecular flexibility index (Phi) is 6.05. The highest BCUT2D eigenvalue weighted by Gasteiger charge is 2.09. The number of hydrogen-bond donors (Lipinski definition) is 3. The molecule has 0 aliphatic carbocycles. The Hall–Kier alpha value is -0.970. The number of carboxylic acids is 1. The van der Waals surface area contributed by atoms with Crippen LogP contribution in [0.2, 0.25) is 0 Å². The summed E-state index contributed by atoms with van der Waals surface area (Å²) in [6.07, 6.45) is 0.446. The summed E-state index contributed by atoms with van der Waals surface area (Å²) >= 11 is 3.96. The second-order valence-electron chi connectivity index (χ2n) is 2.51. The van der Waals surface area contributed by atoms with Crippen molar-refractivity contribution >= 4 is 24.5 Å². The molecule has 0 unspecified atom stereocenters. The molecule has 0 aromatic heterocycles. The third-order valence-corrected chi connectivity index (χ3v) is 1.62. The number of nitrogens with one attached hydrogen (secondary N) is 1. The van der Waals surface area contributed by atoms with E-state index in [9.17, 15) is 9.59 Å². The molecule has 0 fully saturated rings. The van der Waals surface area contributed by atoms with Gasteiger partial charge in [-0.3, -0.25) is 9.59 Å². The van der Waals surface area contributed by atoms with Crippen molar-refractivity contribution in [2.24, 2.45) is 0 Å². The average Bonchev–Trinajstić information content (AvgIpc) is 2.03. The first-order chi connectivity index (χ1) is 6.07. The van der Waals surface area contributed by atoms with Crippen molar-refractivity contribution in [3.63, 3.8) is 0 Å². The largest absolute Gasteiger partial charge is 0.481 e. The van der Waals surface area contributed by atoms with E-state index in [0.717, 1.165) is 6.42 Å². The minimum atomic E-state index is -1.05. The molecule has 0 heterocycles. The maximum Gasteiger partial charge on any atom is 0.308 e. The van der Waals surface area contributed by atoms with Gasteiger partial charge in [0.05, 0.1) is 6.42 Å². The fourth-order valence-electron chi connectivity index (χ4n) is 0.669. The molecule has 13 heavy (non-hydrogen) atoms. The minimum Gasteiger partial charge on any atom is -0.481 e. The van der Waals surface area contributed by atoms with E-state index in [0.29, 0.717) is 12.3 Å². The number of carbonyl (C=O) groups is 2. The summed E-state index contributed by atoms with van der Waals surface area (Å²) in [4.78, 5) is 21.2. The third-order valence-electron chi connectivity index (χ3n) is 1.31. The molecule has 74 valence electrons. The molecule has 0 atom stereocenters. The first kappa shape index (κ1) is 12.0. The van der Waals surface area contributed by atoms with Gasteiger partial charge in [0.1, 0.15) is 0 Å². The van der Waals surface area contributed by atoms with Crippen LogP contribution in [0.5, 0.6) is 0 Å². The zero-order valence-corrected chi connectivity index (χ0v) is 8.14. The molecule has 0 radical (unpaired) electrons. The quantitative estimate of drug-likeness (QED) is 0.333. The molecule has 0 spiro atoms. The van der Waals surface area contributed by atoms with Gasteiger partial charge in [0.2, 0.25) is 5.91 Å². The molecule has 0 aliphatic rings. The van der Waals surface area contributed by atoms with Crippen LogP contribution in [-0.2, 0) is 9.59 Å². The van der Waals surface area contributed by atoms with Crippen LogP contribution in [0.4, 0.5) is 0 Å². The molecule has 4 nitrogen and oxygen atoms in total. The van der Waals surface area contributed by atoms with Gasteiger partial charge in [0.15, 0.2) is 0 Å². The lowest BCUT2D eigenvalue weighted by Gasteiger charge is -2.04. The minimum absolute atomic E-state index is 0.0756. The lowest BCUT2D eigenvalue weighted by molar-refractivity contribution is -0.137. The van der Waals surface area contributed by atoms with Gasteiger partial charge < -0.3 is 10.4 Å². The van der Waals surface area contributed by atoms with Crippen LogP contribution >= 0.6 is 12.6 Å². The van der Waals surface area contributed by atoms with Gasteiger partial charge in [0.25, 0.3) is 0 Å². The van der Waals surface area contributed by atoms with Crippen molar-refractivity contribution in [2.75, 3.05) is 12.3 Å². The normalized spacial score (nSPS) is 9.31. The first-order valence-corrected chi connectivity index (χ1v) is 4.49. The molecule has 0 saturated heterocycles. The van der Waals surface area contributed by atoms with E-state index in [2.05, 4.69) is 24.5 Å². The molecular weight excluding hydrogens is 190 g/mol. The molecule has 0 saturated carbocycles. The van der Waals surface area contributed by atoms with Crippen LogP contribution in [0.3, 0.4) is 0 Å². The van der Waals surface area contributed by atoms with E-state index in [1.165, 1.54) is 0 Å². The van der Waals surface area contributed by atoms with Crippen LogP contribution in [-0.4, -0.2) is 29.3 Å². The van der Waals surface area contributed by atoms with E-state index >= 15 is 0 Å². The predicted molar refractivity (Wildman–Crippen MR) is 52.9 cm³/mol. The Balaban J connectivity index is 3.70. The van der Waals surface area contributed by atoms with Crippen LogP contribution in [0.25, 0.3) is 0 Å². The van der Waals surface area contributed by atoms with Gasteiger partial charge in [-0.2, -0.15) is 12.6 Å². The van der Waals surface area contributed by atoms with Crippen LogP contribution in [0.15, 0.2) is 12.2 Å². The molecule has 1 amide bonds. The zero-order chi connectivity index (χ0) is 10.3. The molecule has 2 N–H and O–H groups in total. The fourth-order valence-corrected chi connectivity index (χ4v) is 0.827. The Morgan fingerprint density at radius 2 is 2.08 bits per heavy atom. The fraction of sp³-hybridized carbons (Fsp3) is 0.500. The molecule has 0 aliphatic heterocycles. The van der Waals surface area contributed by atoms with Crippen molar-refractivity contribution in [2.45, 2.75) is 12.8 Å². The van der Waals surface area contributed by atoms with Gasteiger partial charge in [-0.15, -0.1) is 0 Å². The monoisotopic (exact) mass is 203 g/mol. The standard InChI is InChI=1S/C8H13NO3S/c1-6(5-7(10)11)8(12)9-3-2-4-13/h13H,1-5H2,(H,9,12)(H,10,11). The summed E-state index contributed by atoms with van der Waals surface area (Å²) in [6, 6.07) is 0. The summed E-state index contributed by atoms with van der Waals surface area (Å²) < 4.78 is 0. The number of carbonyl (C=O) groups excluding carboxylic acids is 1. The van der Waals surface area contributed by atoms with Crippen LogP contribution < -0.4 is 5.32 Å². The van der Waals surface area contributed by atoms with E-state index in [1.807, 2.05) is 0 Å². The molecule has 0 aromatic carbocycles. The second kappa shape index (κ2) is 6.54. The summed E-state index contributed by atoms with van der Waals surface area (Å²) in [5.74, 6) is -0.760. The summed E-state index contributed by atoms with van der Waals surface area (Å²) in [6.45, 7) is 3.86. The van der Waals surface area contributed by atoms with Gasteiger partial charge in [-0.1, -0.05) is 6.58 Å². The van der Waals surface area contributed by atoms with Gasteiger partial charge in [0, 0.05) is 12.1 Å². The second-order valence-corrected chi connectivity index (χ2v) is 2.95. The van der Waals surface area contributed by atoms with E-state index in [4.69, 9.17) is 5.11 Å². The SMILES string of the molecule is C=C(CC(=O)O)C(=O)NCCCS. The lowest BCUT2D eigenvalue weighted by atomic mass is 10.2. The van der Waals surface area contributed by atoms with Gasteiger partial charge in [-0.05, 0) is 12.2 Å². The Bertz CT molecular complexity index is 215. The number of hydrogen-bond acceptors (Lipinski definition) is 3. The van der Waals surface area contributed by atoms with Crippen molar-refractivity contribution in [3.05, 3.63) is 12.2 Å². The number of thiol groups is 1. The number of amides is 1. The molecular formula is C8H13NO3S. The highest BCUT2D eigenvalue weighted by atomic mass is 32.1. The maximum atomic E-state index is 11.1. The van der Waals surface area contributed by atoms with Gasteiger partial charge in [-0.25, -0.2) is 0 Å². The van der Waals surface area contributed by atoms with E-state index in [-0.39, 0.29) is 12.0 Å². The van der Waals surface area contributed by atoms with Crippen LogP contribution in [0.1, 0.15) is 12.8 Å². The van der Waals surface area contributed by atoms with E-state index < -0.39 is 11.9 Å². The molecule has 0 aromatic rings. The molecule has 5 heteroatoms. The van der Waals surface area contributed by atoms with E-state index in [1.54, 1.807) is 0 Å². The number of carboxylic acid groups (broad SMARTS) is 1. The topological polar surface area (TPSA) is 66.4 Å². The van der Waals surface area contributed by atoms with Crippen LogP contribution in [0, 0.1) is 0 Å². The van der Waals surface area contributed by atoms with Crippen molar-refractivity contribution in [1.82, 2.24) is 5.32 Å². The number of rotatable bonds is 6. The third kappa shape index (κ3) is 6.21. The smallest absolute Gasteiger partial charge is 0.308 e. The average molecular weight is 203 g/mol. The first-order valence-electron chi connectivity index (χ1n) is 3.86. The Labute approximate surface area is 82.4 Å². The van der Waals surface area contributed by atoms with Crippen molar-refractivity contribution in [1.29, 1.82) is 0 Å². The van der Waals surface area contributed by atoms with Crippen molar-refractivity contribution in [3.8, 4) is 0 Å². The molecule has 0 bridgehead atoms. The maximum absolute atomic E-state index is 11.1. The Morgan fingerprint density at radius 1 is 1.46 bits per heavy atom. The highest BCUT2D eigenvalue weighted by molar-refractivity contribution is 7.80. The summed E-state index contributed by atoms with van der Waals surface area (Å²) in [5, 5.41) is 10.9. The lowest BCUT2D eigenvalue weighted by Crippen LogP contribution is -2.26. The number of aliphatic carboxylic acids is 1. The zero-order valence-electron chi connectivity index (χ0n) is 7.25. The Morgan fingerprint density at radius 3 is 2.54 bits per heavy atom. The summed E-state index contributed by atoms with van der Waals surface area (Å²) in [7, 11) is 0. The van der Waals surface area contributed by atoms with Crippen molar-refractivity contribution < 1.29 is 14.7 Å². The van der Waals surface area contributed by atoms with Gasteiger partial charge >= 0.3 is 5.97 Å². The highest BCUT2D eigenvalue weighted by Crippen LogP contribution is 1.97. The summed E-state index contributed by atoms with van der Waals surface area (Å²) in [5.41, 5.74) is 0.0756. The molecule has 0 rings (SSSR count).